The maximum Gasteiger partial charge on any atom is 0.341 e. The van der Waals surface area contributed by atoms with Crippen molar-refractivity contribution in [1.82, 2.24) is 0 Å². The molecule has 0 radical (unpaired) electrons. The van der Waals surface area contributed by atoms with Gasteiger partial charge < -0.3 is 15.4 Å². The first-order chi connectivity index (χ1) is 12.4. The van der Waals surface area contributed by atoms with Gasteiger partial charge in [0.2, 0.25) is 0 Å². The van der Waals surface area contributed by atoms with Crippen LogP contribution in [0.25, 0.3) is 0 Å². The minimum absolute atomic E-state index is 0.297. The molecule has 0 bridgehead atoms. The molecule has 1 aliphatic rings. The molecule has 3 rings (SSSR count). The van der Waals surface area contributed by atoms with Crippen LogP contribution >= 0.6 is 23.6 Å². The van der Waals surface area contributed by atoms with Gasteiger partial charge in [-0.2, -0.15) is 0 Å². The van der Waals surface area contributed by atoms with Gasteiger partial charge >= 0.3 is 5.97 Å². The number of thiophene rings is 1. The summed E-state index contributed by atoms with van der Waals surface area (Å²) in [6.07, 6.45) is 3.01. The highest BCUT2D eigenvalue weighted by molar-refractivity contribution is 7.80. The molecule has 1 aromatic carbocycles. The number of hydrogen-bond donors (Lipinski definition) is 2. The third-order valence-electron chi connectivity index (χ3n) is 4.85. The molecule has 2 aromatic rings. The molecule has 2 N–H and O–H groups in total. The molecule has 1 heterocycles. The summed E-state index contributed by atoms with van der Waals surface area (Å²) in [5.41, 5.74) is 5.02. The molecule has 1 atom stereocenters. The van der Waals surface area contributed by atoms with E-state index in [0.717, 1.165) is 46.6 Å². The molecule has 26 heavy (non-hydrogen) atoms. The lowest BCUT2D eigenvalue weighted by molar-refractivity contribution is 0.0601. The fraction of sp³-hybridized carbons (Fsp3) is 0.400. The number of carbonyl (C=O) groups excluding carboxylic acids is 1. The monoisotopic (exact) mass is 388 g/mol. The zero-order chi connectivity index (χ0) is 18.8. The Labute approximate surface area is 164 Å². The summed E-state index contributed by atoms with van der Waals surface area (Å²) in [5.74, 6) is 0.341. The summed E-state index contributed by atoms with van der Waals surface area (Å²) in [6, 6.07) is 6.11. The van der Waals surface area contributed by atoms with E-state index in [4.69, 9.17) is 17.0 Å². The van der Waals surface area contributed by atoms with E-state index in [2.05, 4.69) is 17.6 Å². The number of rotatable bonds is 3. The van der Waals surface area contributed by atoms with Gasteiger partial charge in [-0.3, -0.25) is 0 Å². The lowest BCUT2D eigenvalue weighted by Gasteiger charge is -2.18. The molecule has 0 fully saturated rings. The molecular formula is C20H24N2O2S2. The summed E-state index contributed by atoms with van der Waals surface area (Å²) < 4.78 is 5.03. The highest BCUT2D eigenvalue weighted by Crippen LogP contribution is 2.40. The van der Waals surface area contributed by atoms with E-state index < -0.39 is 0 Å². The smallest absolute Gasteiger partial charge is 0.341 e. The van der Waals surface area contributed by atoms with Gasteiger partial charge in [-0.15, -0.1) is 11.3 Å². The van der Waals surface area contributed by atoms with Crippen LogP contribution in [0.5, 0.6) is 0 Å². The van der Waals surface area contributed by atoms with Crippen molar-refractivity contribution in [2.45, 2.75) is 40.0 Å². The minimum atomic E-state index is -0.297. The Morgan fingerprint density at radius 3 is 2.62 bits per heavy atom. The number of ether oxygens (including phenoxy) is 1. The Hall–Kier alpha value is -1.92. The zero-order valence-electron chi connectivity index (χ0n) is 15.6. The number of hydrogen-bond acceptors (Lipinski definition) is 4. The van der Waals surface area contributed by atoms with Crippen LogP contribution in [0, 0.1) is 19.8 Å². The molecule has 6 heteroatoms. The first-order valence-electron chi connectivity index (χ1n) is 8.77. The number of anilines is 2. The Morgan fingerprint density at radius 2 is 1.96 bits per heavy atom. The van der Waals surface area contributed by atoms with Crippen LogP contribution in [-0.2, 0) is 17.6 Å². The molecule has 0 aliphatic heterocycles. The fourth-order valence-corrected chi connectivity index (χ4v) is 5.09. The lowest BCUT2D eigenvalue weighted by Crippen LogP contribution is -2.21. The van der Waals surface area contributed by atoms with Crippen molar-refractivity contribution in [3.63, 3.8) is 0 Å². The number of nitrogens with one attached hydrogen (secondary N) is 2. The van der Waals surface area contributed by atoms with E-state index in [1.807, 2.05) is 32.0 Å². The highest BCUT2D eigenvalue weighted by atomic mass is 32.1. The molecule has 1 aliphatic carbocycles. The Morgan fingerprint density at radius 1 is 1.27 bits per heavy atom. The third kappa shape index (κ3) is 3.76. The molecule has 1 unspecified atom stereocenters. The molecule has 0 saturated heterocycles. The van der Waals surface area contributed by atoms with Crippen molar-refractivity contribution in [2.24, 2.45) is 5.92 Å². The van der Waals surface area contributed by atoms with Crippen LogP contribution in [0.4, 0.5) is 10.7 Å². The molecule has 1 aromatic heterocycles. The van der Waals surface area contributed by atoms with Crippen LogP contribution < -0.4 is 10.6 Å². The minimum Gasteiger partial charge on any atom is -0.465 e. The maximum absolute atomic E-state index is 12.4. The van der Waals surface area contributed by atoms with Crippen molar-refractivity contribution < 1.29 is 9.53 Å². The van der Waals surface area contributed by atoms with Crippen molar-refractivity contribution in [3.8, 4) is 0 Å². The second-order valence-electron chi connectivity index (χ2n) is 6.89. The summed E-state index contributed by atoms with van der Waals surface area (Å²) >= 11 is 7.13. The van der Waals surface area contributed by atoms with E-state index in [1.54, 1.807) is 11.3 Å². The van der Waals surface area contributed by atoms with E-state index in [-0.39, 0.29) is 5.97 Å². The SMILES string of the molecule is COC(=O)c1c(NC(=S)Nc2c(C)cccc2C)sc2c1CCC(C)C2. The Bertz CT molecular complexity index is 837. The summed E-state index contributed by atoms with van der Waals surface area (Å²) in [5, 5.41) is 7.78. The predicted molar refractivity (Wildman–Crippen MR) is 113 cm³/mol. The van der Waals surface area contributed by atoms with E-state index >= 15 is 0 Å². The van der Waals surface area contributed by atoms with Gasteiger partial charge in [-0.25, -0.2) is 4.79 Å². The van der Waals surface area contributed by atoms with Crippen molar-refractivity contribution in [2.75, 3.05) is 17.7 Å². The number of aryl methyl sites for hydroxylation is 2. The molecule has 0 spiro atoms. The Kier molecular flexibility index (Phi) is 5.63. The predicted octanol–water partition coefficient (Wildman–Crippen LogP) is 5.09. The number of benzene rings is 1. The Balaban J connectivity index is 1.87. The van der Waals surface area contributed by atoms with Crippen molar-refractivity contribution in [3.05, 3.63) is 45.3 Å². The van der Waals surface area contributed by atoms with E-state index in [1.165, 1.54) is 12.0 Å². The zero-order valence-corrected chi connectivity index (χ0v) is 17.2. The summed E-state index contributed by atoms with van der Waals surface area (Å²) in [6.45, 7) is 6.34. The lowest BCUT2D eigenvalue weighted by atomic mass is 9.88. The molecule has 0 saturated carbocycles. The second-order valence-corrected chi connectivity index (χ2v) is 8.41. The van der Waals surface area contributed by atoms with Gasteiger partial charge in [0.1, 0.15) is 5.00 Å². The van der Waals surface area contributed by atoms with Gasteiger partial charge in [-0.1, -0.05) is 25.1 Å². The van der Waals surface area contributed by atoms with Gasteiger partial charge in [0.05, 0.1) is 12.7 Å². The van der Waals surface area contributed by atoms with Crippen LogP contribution in [0.15, 0.2) is 18.2 Å². The number of esters is 1. The van der Waals surface area contributed by atoms with Crippen LogP contribution in [0.2, 0.25) is 0 Å². The quantitative estimate of drug-likeness (QED) is 0.567. The second kappa shape index (κ2) is 7.76. The van der Waals surface area contributed by atoms with Crippen LogP contribution in [-0.4, -0.2) is 18.2 Å². The number of fused-ring (bicyclic) bond motifs is 1. The van der Waals surface area contributed by atoms with Gasteiger partial charge in [0.25, 0.3) is 0 Å². The third-order valence-corrected chi connectivity index (χ3v) is 6.22. The maximum atomic E-state index is 12.4. The highest BCUT2D eigenvalue weighted by Gasteiger charge is 2.28. The van der Waals surface area contributed by atoms with Gasteiger partial charge in [-0.05, 0) is 67.9 Å². The average Bonchev–Trinajstić information content (AvgIpc) is 2.94. The van der Waals surface area contributed by atoms with E-state index in [9.17, 15) is 4.79 Å². The molecule has 138 valence electrons. The van der Waals surface area contributed by atoms with E-state index in [0.29, 0.717) is 16.6 Å². The number of methoxy groups -OCH3 is 1. The summed E-state index contributed by atoms with van der Waals surface area (Å²) in [4.78, 5) is 13.6. The van der Waals surface area contributed by atoms with Gasteiger partial charge in [0, 0.05) is 10.6 Å². The summed E-state index contributed by atoms with van der Waals surface area (Å²) in [7, 11) is 1.43. The van der Waals surface area contributed by atoms with Crippen molar-refractivity contribution in [1.29, 1.82) is 0 Å². The standard InChI is InChI=1S/C20H24N2O2S2/c1-11-8-9-14-15(10-11)26-18(16(14)19(23)24-4)22-20(25)21-17-12(2)6-5-7-13(17)3/h5-7,11H,8-10H2,1-4H3,(H2,21,22,25). The number of para-hydroxylation sites is 1. The van der Waals surface area contributed by atoms with Crippen LogP contribution in [0.3, 0.4) is 0 Å². The van der Waals surface area contributed by atoms with Crippen LogP contribution in [0.1, 0.15) is 45.3 Å². The normalized spacial score (nSPS) is 15.9. The van der Waals surface area contributed by atoms with Gasteiger partial charge in [0.15, 0.2) is 5.11 Å². The largest absolute Gasteiger partial charge is 0.465 e. The number of thiocarbonyl (C=S) groups is 1. The first-order valence-corrected chi connectivity index (χ1v) is 10.00. The molecule has 4 nitrogen and oxygen atoms in total. The topological polar surface area (TPSA) is 50.4 Å². The first kappa shape index (κ1) is 18.9. The average molecular weight is 389 g/mol. The molecule has 0 amide bonds. The number of carbonyl (C=O) groups is 1. The fourth-order valence-electron chi connectivity index (χ4n) is 3.42. The molecular weight excluding hydrogens is 364 g/mol. The van der Waals surface area contributed by atoms with Crippen molar-refractivity contribution >= 4 is 45.3 Å².